The second-order valence-electron chi connectivity index (χ2n) is 3.57. The molecule has 0 radical (unpaired) electrons. The van der Waals surface area contributed by atoms with Crippen molar-refractivity contribution in [1.82, 2.24) is 0 Å². The molecule has 1 rings (SSSR count). The maximum absolute atomic E-state index is 9.62. The lowest BCUT2D eigenvalue weighted by Crippen LogP contribution is -2.40. The Morgan fingerprint density at radius 2 is 2.00 bits per heavy atom. The molecule has 72 valence electrons. The number of hydrogen-bond donors (Lipinski definition) is 1. The summed E-state index contributed by atoms with van der Waals surface area (Å²) >= 11 is 0. The van der Waals surface area contributed by atoms with Crippen LogP contribution in [0.5, 0.6) is 0 Å². The Hall–Kier alpha value is -0.570. The zero-order chi connectivity index (χ0) is 8.65. The summed E-state index contributed by atoms with van der Waals surface area (Å²) in [4.78, 5) is 4.19. The van der Waals surface area contributed by atoms with Crippen molar-refractivity contribution in [2.45, 2.75) is 52.9 Å². The lowest BCUT2D eigenvalue weighted by molar-refractivity contribution is 0.0214. The summed E-state index contributed by atoms with van der Waals surface area (Å²) in [5.41, 5.74) is -0.781. The number of aliphatic hydroxyl groups is 1. The van der Waals surface area contributed by atoms with Crippen LogP contribution in [0.2, 0.25) is 0 Å². The first kappa shape index (κ1) is 11.4. The van der Waals surface area contributed by atoms with Gasteiger partial charge in [0.05, 0.1) is 5.60 Å². The van der Waals surface area contributed by atoms with Gasteiger partial charge >= 0.3 is 0 Å². The number of rotatable bonds is 1. The van der Waals surface area contributed by atoms with E-state index in [2.05, 4.69) is 4.99 Å². The number of aliphatic imine (C=N–C) groups is 1. The van der Waals surface area contributed by atoms with Crippen LogP contribution in [0.1, 0.15) is 35.1 Å². The predicted octanol–water partition coefficient (Wildman–Crippen LogP) is 1.60. The third kappa shape index (κ3) is 2.21. The summed E-state index contributed by atoms with van der Waals surface area (Å²) in [5.74, 6) is 0.671. The van der Waals surface area contributed by atoms with E-state index in [9.17, 15) is 5.11 Å². The monoisotopic (exact) mass is 173 g/mol. The average Bonchev–Trinajstić information content (AvgIpc) is 2.08. The van der Waals surface area contributed by atoms with Crippen LogP contribution < -0.4 is 0 Å². The van der Waals surface area contributed by atoms with E-state index >= 15 is 0 Å². The molecule has 1 heterocycles. The summed E-state index contributed by atoms with van der Waals surface area (Å²) in [6.07, 6.45) is -0.00463. The molecular formula is C9H19NO2. The summed E-state index contributed by atoms with van der Waals surface area (Å²) in [7, 11) is 0. The van der Waals surface area contributed by atoms with Gasteiger partial charge in [-0.3, -0.25) is 0 Å². The Labute approximate surface area is 74.5 Å². The highest BCUT2D eigenvalue weighted by atomic mass is 16.5. The molecule has 0 spiro atoms. The molecule has 2 atom stereocenters. The molecule has 0 aromatic carbocycles. The Morgan fingerprint density at radius 1 is 1.50 bits per heavy atom. The van der Waals surface area contributed by atoms with Crippen LogP contribution in [-0.2, 0) is 4.74 Å². The first-order valence-electron chi connectivity index (χ1n) is 3.84. The highest BCUT2D eigenvalue weighted by Crippen LogP contribution is 2.23. The zero-order valence-corrected chi connectivity index (χ0v) is 7.46. The SMILES string of the molecule is C.CC1=N[C@H](C(C)(C)O)[C@@H](C)O1. The van der Waals surface area contributed by atoms with Gasteiger partial charge in [-0.1, -0.05) is 7.43 Å². The standard InChI is InChI=1S/C8H15NO2.CH4/c1-5-7(8(3,4)10)9-6(2)11-5;/h5,7,10H,1-4H3;1H4/t5-,7+;/m1./s1. The molecule has 0 saturated carbocycles. The highest BCUT2D eigenvalue weighted by Gasteiger charge is 2.36. The molecule has 0 aliphatic carbocycles. The molecule has 1 aliphatic heterocycles. The first-order valence-corrected chi connectivity index (χ1v) is 3.84. The highest BCUT2D eigenvalue weighted by molar-refractivity contribution is 5.75. The van der Waals surface area contributed by atoms with Gasteiger partial charge in [0.25, 0.3) is 0 Å². The largest absolute Gasteiger partial charge is 0.476 e. The van der Waals surface area contributed by atoms with Crippen molar-refractivity contribution in [3.63, 3.8) is 0 Å². The first-order chi connectivity index (χ1) is 4.91. The van der Waals surface area contributed by atoms with Crippen molar-refractivity contribution in [3.05, 3.63) is 0 Å². The van der Waals surface area contributed by atoms with Gasteiger partial charge < -0.3 is 9.84 Å². The summed E-state index contributed by atoms with van der Waals surface area (Å²) in [6.45, 7) is 7.23. The fourth-order valence-corrected chi connectivity index (χ4v) is 1.40. The van der Waals surface area contributed by atoms with E-state index in [1.165, 1.54) is 0 Å². The third-order valence-corrected chi connectivity index (χ3v) is 1.85. The van der Waals surface area contributed by atoms with Crippen LogP contribution in [0.15, 0.2) is 4.99 Å². The second kappa shape index (κ2) is 3.44. The molecule has 0 aromatic heterocycles. The van der Waals surface area contributed by atoms with E-state index in [-0.39, 0.29) is 19.6 Å². The minimum Gasteiger partial charge on any atom is -0.476 e. The Balaban J connectivity index is 0.00000121. The lowest BCUT2D eigenvalue weighted by Gasteiger charge is -2.25. The van der Waals surface area contributed by atoms with E-state index < -0.39 is 5.60 Å². The Kier molecular flexibility index (Phi) is 3.27. The van der Waals surface area contributed by atoms with Crippen LogP contribution in [0.25, 0.3) is 0 Å². The fraction of sp³-hybridized carbons (Fsp3) is 0.889. The molecule has 1 aliphatic rings. The van der Waals surface area contributed by atoms with Crippen LogP contribution in [0.4, 0.5) is 0 Å². The predicted molar refractivity (Wildman–Crippen MR) is 50.5 cm³/mol. The van der Waals surface area contributed by atoms with Crippen molar-refractivity contribution in [2.24, 2.45) is 4.99 Å². The second-order valence-corrected chi connectivity index (χ2v) is 3.57. The molecule has 3 nitrogen and oxygen atoms in total. The van der Waals surface area contributed by atoms with Gasteiger partial charge in [0.1, 0.15) is 12.1 Å². The van der Waals surface area contributed by atoms with Crippen LogP contribution in [0, 0.1) is 0 Å². The maximum atomic E-state index is 9.62. The van der Waals surface area contributed by atoms with Gasteiger partial charge in [0, 0.05) is 6.92 Å². The van der Waals surface area contributed by atoms with E-state index in [0.717, 1.165) is 0 Å². The molecule has 1 N–H and O–H groups in total. The van der Waals surface area contributed by atoms with Crippen molar-refractivity contribution in [3.8, 4) is 0 Å². The van der Waals surface area contributed by atoms with Crippen molar-refractivity contribution in [2.75, 3.05) is 0 Å². The molecule has 0 amide bonds. The topological polar surface area (TPSA) is 41.8 Å². The molecule has 0 saturated heterocycles. The third-order valence-electron chi connectivity index (χ3n) is 1.85. The van der Waals surface area contributed by atoms with Crippen molar-refractivity contribution >= 4 is 5.90 Å². The summed E-state index contributed by atoms with van der Waals surface area (Å²) in [5, 5.41) is 9.62. The molecule has 3 heteroatoms. The smallest absolute Gasteiger partial charge is 0.180 e. The molecule has 0 bridgehead atoms. The Morgan fingerprint density at radius 3 is 2.17 bits per heavy atom. The summed E-state index contributed by atoms with van der Waals surface area (Å²) in [6, 6.07) is -0.123. The normalized spacial score (nSPS) is 28.9. The quantitative estimate of drug-likeness (QED) is 0.654. The lowest BCUT2D eigenvalue weighted by atomic mass is 9.96. The van der Waals surface area contributed by atoms with Gasteiger partial charge in [-0.15, -0.1) is 0 Å². The maximum Gasteiger partial charge on any atom is 0.180 e. The van der Waals surface area contributed by atoms with Gasteiger partial charge in [-0.05, 0) is 20.8 Å². The van der Waals surface area contributed by atoms with E-state index in [1.54, 1.807) is 13.8 Å². The summed E-state index contributed by atoms with van der Waals surface area (Å²) < 4.78 is 5.29. The fourth-order valence-electron chi connectivity index (χ4n) is 1.40. The van der Waals surface area contributed by atoms with Crippen molar-refractivity contribution in [1.29, 1.82) is 0 Å². The molecule has 0 aromatic rings. The zero-order valence-electron chi connectivity index (χ0n) is 7.46. The van der Waals surface area contributed by atoms with Crippen molar-refractivity contribution < 1.29 is 9.84 Å². The minimum atomic E-state index is -0.781. The molecule has 0 fully saturated rings. The molecule has 12 heavy (non-hydrogen) atoms. The minimum absolute atomic E-state index is 0. The van der Waals surface area contributed by atoms with Crippen LogP contribution in [0.3, 0.4) is 0 Å². The molecule has 0 unspecified atom stereocenters. The van der Waals surface area contributed by atoms with Gasteiger partial charge in [-0.25, -0.2) is 4.99 Å². The number of ether oxygens (including phenoxy) is 1. The van der Waals surface area contributed by atoms with Crippen LogP contribution in [-0.4, -0.2) is 28.8 Å². The number of hydrogen-bond acceptors (Lipinski definition) is 3. The Bertz CT molecular complexity index is 181. The van der Waals surface area contributed by atoms with Crippen LogP contribution >= 0.6 is 0 Å². The van der Waals surface area contributed by atoms with Gasteiger partial charge in [0.15, 0.2) is 5.90 Å². The van der Waals surface area contributed by atoms with Gasteiger partial charge in [-0.2, -0.15) is 0 Å². The van der Waals surface area contributed by atoms with E-state index in [4.69, 9.17) is 4.74 Å². The van der Waals surface area contributed by atoms with E-state index in [1.807, 2.05) is 13.8 Å². The average molecular weight is 173 g/mol. The van der Waals surface area contributed by atoms with Gasteiger partial charge in [0.2, 0.25) is 0 Å². The number of nitrogens with zero attached hydrogens (tertiary/aromatic N) is 1. The van der Waals surface area contributed by atoms with E-state index in [0.29, 0.717) is 5.90 Å². The molecular weight excluding hydrogens is 154 g/mol.